The number of ether oxygens (including phenoxy) is 1. The molecule has 0 heterocycles. The van der Waals surface area contributed by atoms with Gasteiger partial charge in [-0.3, -0.25) is 0 Å². The predicted octanol–water partition coefficient (Wildman–Crippen LogP) is 7.22. The summed E-state index contributed by atoms with van der Waals surface area (Å²) < 4.78 is 5.76. The zero-order chi connectivity index (χ0) is 21.9. The Morgan fingerprint density at radius 3 is 2.17 bits per heavy atom. The van der Waals surface area contributed by atoms with Gasteiger partial charge in [0, 0.05) is 12.6 Å². The third-order valence-electron chi connectivity index (χ3n) is 6.86. The quantitative estimate of drug-likeness (QED) is 0.453. The minimum atomic E-state index is -0.487. The first-order valence-electron chi connectivity index (χ1n) is 11.0. The molecule has 0 bridgehead atoms. The van der Waals surface area contributed by atoms with Crippen LogP contribution in [0.3, 0.4) is 0 Å². The first kappa shape index (κ1) is 23.5. The van der Waals surface area contributed by atoms with E-state index in [1.54, 1.807) is 0 Å². The SMILES string of the molecule is C=CCCC(C)(C1CC(N(Cc2ccccc2)C(=O)OC(C)(C)C)C1)C(C)(C)C. The fourth-order valence-corrected chi connectivity index (χ4v) is 4.40. The van der Waals surface area contributed by atoms with Crippen molar-refractivity contribution in [2.75, 3.05) is 0 Å². The maximum Gasteiger partial charge on any atom is 0.410 e. The van der Waals surface area contributed by atoms with Crippen molar-refractivity contribution in [3.05, 3.63) is 48.6 Å². The monoisotopic (exact) mass is 399 g/mol. The molecule has 1 atom stereocenters. The third kappa shape index (κ3) is 5.87. The Hall–Kier alpha value is -1.77. The van der Waals surface area contributed by atoms with Gasteiger partial charge in [-0.15, -0.1) is 6.58 Å². The molecule has 0 radical (unpaired) electrons. The van der Waals surface area contributed by atoms with Crippen molar-refractivity contribution < 1.29 is 9.53 Å². The molecule has 0 saturated heterocycles. The molecule has 1 fully saturated rings. The van der Waals surface area contributed by atoms with E-state index in [9.17, 15) is 4.79 Å². The van der Waals surface area contributed by atoms with E-state index in [-0.39, 0.29) is 23.0 Å². The fraction of sp³-hybridized carbons (Fsp3) is 0.654. The van der Waals surface area contributed by atoms with Crippen molar-refractivity contribution in [2.45, 2.75) is 92.3 Å². The molecule has 1 amide bonds. The van der Waals surface area contributed by atoms with Crippen LogP contribution in [-0.2, 0) is 11.3 Å². The Kier molecular flexibility index (Phi) is 7.24. The average Bonchev–Trinajstić information content (AvgIpc) is 2.56. The lowest BCUT2D eigenvalue weighted by Crippen LogP contribution is -2.54. The van der Waals surface area contributed by atoms with E-state index in [0.717, 1.165) is 31.2 Å². The van der Waals surface area contributed by atoms with E-state index in [4.69, 9.17) is 4.74 Å². The molecule has 0 aliphatic heterocycles. The molecular weight excluding hydrogens is 358 g/mol. The molecule has 1 aromatic rings. The molecule has 0 spiro atoms. The lowest BCUT2D eigenvalue weighted by molar-refractivity contribution is -0.0655. The maximum atomic E-state index is 13.0. The molecule has 3 nitrogen and oxygen atoms in total. The van der Waals surface area contributed by atoms with E-state index >= 15 is 0 Å². The standard InChI is InChI=1S/C26H41NO2/c1-9-10-16-26(8,24(2,3)4)21-17-22(18-21)27(23(28)29-25(5,6)7)19-20-14-12-11-13-15-20/h9,11-15,21-22H,1,10,16-19H2,2-8H3. The van der Waals surface area contributed by atoms with Crippen molar-refractivity contribution in [1.29, 1.82) is 0 Å². The number of hydrogen-bond acceptors (Lipinski definition) is 2. The van der Waals surface area contributed by atoms with Crippen LogP contribution < -0.4 is 0 Å². The van der Waals surface area contributed by atoms with E-state index in [1.165, 1.54) is 0 Å². The van der Waals surface area contributed by atoms with Crippen molar-refractivity contribution in [1.82, 2.24) is 4.90 Å². The summed E-state index contributed by atoms with van der Waals surface area (Å²) in [5.74, 6) is 0.605. The number of amides is 1. The van der Waals surface area contributed by atoms with Crippen LogP contribution in [0.25, 0.3) is 0 Å². The van der Waals surface area contributed by atoms with Gasteiger partial charge in [0.2, 0.25) is 0 Å². The topological polar surface area (TPSA) is 29.5 Å². The average molecular weight is 400 g/mol. The normalized spacial score (nSPS) is 21.6. The number of carbonyl (C=O) groups excluding carboxylic acids is 1. The molecule has 29 heavy (non-hydrogen) atoms. The molecule has 0 aromatic heterocycles. The Labute approximate surface area is 178 Å². The van der Waals surface area contributed by atoms with Crippen LogP contribution in [0.2, 0.25) is 0 Å². The van der Waals surface area contributed by atoms with Gasteiger partial charge in [-0.05, 0) is 68.8 Å². The van der Waals surface area contributed by atoms with Gasteiger partial charge in [0.15, 0.2) is 0 Å². The Morgan fingerprint density at radius 1 is 1.10 bits per heavy atom. The van der Waals surface area contributed by atoms with Gasteiger partial charge in [-0.2, -0.15) is 0 Å². The first-order chi connectivity index (χ1) is 13.4. The summed E-state index contributed by atoms with van der Waals surface area (Å²) in [6, 6.07) is 10.5. The number of allylic oxidation sites excluding steroid dienone is 1. The zero-order valence-corrected chi connectivity index (χ0v) is 19.6. The number of benzene rings is 1. The largest absolute Gasteiger partial charge is 0.444 e. The first-order valence-corrected chi connectivity index (χ1v) is 11.0. The lowest BCUT2D eigenvalue weighted by Gasteiger charge is -2.56. The molecule has 1 unspecified atom stereocenters. The Bertz CT molecular complexity index is 677. The highest BCUT2D eigenvalue weighted by atomic mass is 16.6. The fourth-order valence-electron chi connectivity index (χ4n) is 4.40. The van der Waals surface area contributed by atoms with Crippen molar-refractivity contribution in [2.24, 2.45) is 16.7 Å². The summed E-state index contributed by atoms with van der Waals surface area (Å²) in [5.41, 5.74) is 1.09. The highest BCUT2D eigenvalue weighted by Gasteiger charge is 2.50. The van der Waals surface area contributed by atoms with Crippen LogP contribution in [0.4, 0.5) is 4.79 Å². The highest BCUT2D eigenvalue weighted by molar-refractivity contribution is 5.68. The summed E-state index contributed by atoms with van der Waals surface area (Å²) in [7, 11) is 0. The van der Waals surface area contributed by atoms with Gasteiger partial charge in [0.1, 0.15) is 5.60 Å². The predicted molar refractivity (Wildman–Crippen MR) is 122 cm³/mol. The lowest BCUT2D eigenvalue weighted by atomic mass is 9.52. The van der Waals surface area contributed by atoms with Gasteiger partial charge >= 0.3 is 6.09 Å². The van der Waals surface area contributed by atoms with Gasteiger partial charge in [-0.1, -0.05) is 64.1 Å². The van der Waals surface area contributed by atoms with Crippen molar-refractivity contribution in [3.63, 3.8) is 0 Å². The Balaban J connectivity index is 2.16. The van der Waals surface area contributed by atoms with E-state index in [2.05, 4.69) is 46.4 Å². The van der Waals surface area contributed by atoms with Crippen LogP contribution >= 0.6 is 0 Å². The van der Waals surface area contributed by atoms with E-state index < -0.39 is 5.60 Å². The number of carbonyl (C=O) groups is 1. The molecule has 1 aliphatic carbocycles. The number of nitrogens with zero attached hydrogens (tertiary/aromatic N) is 1. The summed E-state index contributed by atoms with van der Waals surface area (Å²) in [4.78, 5) is 15.0. The summed E-state index contributed by atoms with van der Waals surface area (Å²) >= 11 is 0. The van der Waals surface area contributed by atoms with Crippen molar-refractivity contribution >= 4 is 6.09 Å². The van der Waals surface area contributed by atoms with Crippen LogP contribution in [0.5, 0.6) is 0 Å². The molecule has 1 saturated carbocycles. The second-order valence-electron chi connectivity index (χ2n) is 10.9. The van der Waals surface area contributed by atoms with E-state index in [1.807, 2.05) is 49.9 Å². The summed E-state index contributed by atoms with van der Waals surface area (Å²) in [6.45, 7) is 19.8. The van der Waals surface area contributed by atoms with Crippen molar-refractivity contribution in [3.8, 4) is 0 Å². The molecule has 2 rings (SSSR count). The van der Waals surface area contributed by atoms with Gasteiger partial charge in [0.05, 0.1) is 0 Å². The van der Waals surface area contributed by atoms with E-state index in [0.29, 0.717) is 12.5 Å². The molecule has 162 valence electrons. The molecule has 3 heteroatoms. The molecule has 1 aliphatic rings. The van der Waals surface area contributed by atoms with Crippen LogP contribution in [0.1, 0.15) is 79.7 Å². The maximum absolute atomic E-state index is 13.0. The smallest absolute Gasteiger partial charge is 0.410 e. The highest BCUT2D eigenvalue weighted by Crippen LogP contribution is 2.56. The minimum absolute atomic E-state index is 0.201. The second kappa shape index (κ2) is 8.93. The van der Waals surface area contributed by atoms with Crippen LogP contribution in [0.15, 0.2) is 43.0 Å². The van der Waals surface area contributed by atoms with Gasteiger partial charge < -0.3 is 9.64 Å². The molecular formula is C26H41NO2. The van der Waals surface area contributed by atoms with Crippen LogP contribution in [0, 0.1) is 16.7 Å². The van der Waals surface area contributed by atoms with Crippen LogP contribution in [-0.4, -0.2) is 22.6 Å². The minimum Gasteiger partial charge on any atom is -0.444 e. The number of hydrogen-bond donors (Lipinski definition) is 0. The molecule has 1 aromatic carbocycles. The van der Waals surface area contributed by atoms with Gasteiger partial charge in [0.25, 0.3) is 0 Å². The summed E-state index contributed by atoms with van der Waals surface area (Å²) in [6.07, 6.45) is 6.08. The van der Waals surface area contributed by atoms with Gasteiger partial charge in [-0.25, -0.2) is 4.79 Å². The summed E-state index contributed by atoms with van der Waals surface area (Å²) in [5, 5.41) is 0. The third-order valence-corrected chi connectivity index (χ3v) is 6.86. The zero-order valence-electron chi connectivity index (χ0n) is 19.6. The second-order valence-corrected chi connectivity index (χ2v) is 10.9. The number of rotatable bonds is 7. The Morgan fingerprint density at radius 2 is 1.69 bits per heavy atom. The molecule has 0 N–H and O–H groups in total.